The normalized spacial score (nSPS) is 12.2. The van der Waals surface area contributed by atoms with Crippen molar-refractivity contribution >= 4 is 44.1 Å². The summed E-state index contributed by atoms with van der Waals surface area (Å²) in [7, 11) is 0.716. The van der Waals surface area contributed by atoms with Gasteiger partial charge in [-0.05, 0) is 18.2 Å². The molecule has 6 nitrogen and oxygen atoms in total. The summed E-state index contributed by atoms with van der Waals surface area (Å²) in [5.41, 5.74) is 2.01. The lowest BCUT2D eigenvalue weighted by atomic mass is 10.0. The molecule has 0 saturated carbocycles. The first-order valence-corrected chi connectivity index (χ1v) is 9.83. The maximum Gasteiger partial charge on any atom is 0.262 e. The van der Waals surface area contributed by atoms with E-state index in [0.29, 0.717) is 20.9 Å². The summed E-state index contributed by atoms with van der Waals surface area (Å²) >= 11 is 12.3. The number of nitrogens with zero attached hydrogens (tertiary/aromatic N) is 3. The molecule has 0 spiro atoms. The second-order valence-electron chi connectivity index (χ2n) is 5.78. The summed E-state index contributed by atoms with van der Waals surface area (Å²) in [6.45, 7) is -0.0578. The Hall–Kier alpha value is -1.64. The smallest absolute Gasteiger partial charge is 0.262 e. The van der Waals surface area contributed by atoms with Gasteiger partial charge in [0.2, 0.25) is 0 Å². The van der Waals surface area contributed by atoms with E-state index >= 15 is 0 Å². The highest BCUT2D eigenvalue weighted by Crippen LogP contribution is 2.36. The van der Waals surface area contributed by atoms with Gasteiger partial charge in [-0.1, -0.05) is 41.4 Å². The number of sulfonamides is 1. The maximum absolute atomic E-state index is 12.9. The van der Waals surface area contributed by atoms with E-state index in [2.05, 4.69) is 5.10 Å². The molecule has 0 unspecified atom stereocenters. The molecule has 0 N–H and O–H groups in total. The minimum atomic E-state index is -3.78. The lowest BCUT2D eigenvalue weighted by Crippen LogP contribution is -2.30. The fourth-order valence-electron chi connectivity index (χ4n) is 2.82. The van der Waals surface area contributed by atoms with Crippen molar-refractivity contribution in [1.29, 1.82) is 0 Å². The summed E-state index contributed by atoms with van der Waals surface area (Å²) in [5.74, 6) is 0. The van der Waals surface area contributed by atoms with E-state index in [9.17, 15) is 8.42 Å². The average Bonchev–Trinajstić information content (AvgIpc) is 2.91. The SMILES string of the molecule is COCN(C)S(=O)(=O)c1c2cccc(-c3ccc(Cl)cc3Cl)c2nn1C. The third-order valence-corrected chi connectivity index (χ3v) is 6.44. The highest BCUT2D eigenvalue weighted by molar-refractivity contribution is 7.89. The quantitative estimate of drug-likeness (QED) is 0.597. The number of methoxy groups -OCH3 is 1. The Balaban J connectivity index is 2.26. The minimum absolute atomic E-state index is 0.0578. The summed E-state index contributed by atoms with van der Waals surface area (Å²) in [6, 6.07) is 10.5. The van der Waals surface area contributed by atoms with Gasteiger partial charge in [0.05, 0.1) is 0 Å². The molecule has 0 aliphatic rings. The predicted molar refractivity (Wildman–Crippen MR) is 103 cm³/mol. The number of halogens is 2. The zero-order chi connectivity index (χ0) is 19.1. The fraction of sp³-hybridized carbons (Fsp3) is 0.235. The van der Waals surface area contributed by atoms with Crippen LogP contribution in [-0.2, 0) is 21.8 Å². The van der Waals surface area contributed by atoms with Gasteiger partial charge in [0.25, 0.3) is 10.0 Å². The molecule has 3 aromatic rings. The second-order valence-corrected chi connectivity index (χ2v) is 8.58. The largest absolute Gasteiger partial charge is 0.368 e. The summed E-state index contributed by atoms with van der Waals surface area (Å²) in [5, 5.41) is 6.04. The minimum Gasteiger partial charge on any atom is -0.368 e. The maximum atomic E-state index is 12.9. The molecule has 9 heteroatoms. The highest BCUT2D eigenvalue weighted by Gasteiger charge is 2.28. The molecule has 0 fully saturated rings. The molecule has 138 valence electrons. The van der Waals surface area contributed by atoms with Gasteiger partial charge < -0.3 is 4.74 Å². The van der Waals surface area contributed by atoms with Crippen molar-refractivity contribution in [2.24, 2.45) is 7.05 Å². The van der Waals surface area contributed by atoms with E-state index in [1.807, 2.05) is 6.07 Å². The van der Waals surface area contributed by atoms with Gasteiger partial charge in [-0.2, -0.15) is 9.40 Å². The van der Waals surface area contributed by atoms with Gasteiger partial charge in [-0.25, -0.2) is 8.42 Å². The van der Waals surface area contributed by atoms with E-state index in [1.54, 1.807) is 37.4 Å². The average molecular weight is 414 g/mol. The van der Waals surface area contributed by atoms with Crippen molar-refractivity contribution in [2.45, 2.75) is 5.03 Å². The molecule has 0 aliphatic heterocycles. The molecular weight excluding hydrogens is 397 g/mol. The Morgan fingerprint density at radius 3 is 2.58 bits per heavy atom. The molecule has 0 amide bonds. The number of fused-ring (bicyclic) bond motifs is 1. The molecule has 3 rings (SSSR count). The first kappa shape index (κ1) is 19.1. The van der Waals surface area contributed by atoms with Gasteiger partial charge in [0.1, 0.15) is 12.2 Å². The lowest BCUT2D eigenvalue weighted by molar-refractivity contribution is 0.130. The fourth-order valence-corrected chi connectivity index (χ4v) is 4.69. The zero-order valence-corrected chi connectivity index (χ0v) is 16.7. The summed E-state index contributed by atoms with van der Waals surface area (Å²) in [6.07, 6.45) is 0. The highest BCUT2D eigenvalue weighted by atomic mass is 35.5. The van der Waals surface area contributed by atoms with Crippen LogP contribution in [0.2, 0.25) is 10.0 Å². The molecule has 0 saturated heterocycles. The monoisotopic (exact) mass is 413 g/mol. The van der Waals surface area contributed by atoms with Crippen molar-refractivity contribution in [3.8, 4) is 11.1 Å². The molecule has 2 aromatic carbocycles. The standard InChI is InChI=1S/C17H17Cl2N3O3S/c1-21(10-25-3)26(23,24)17-14-6-4-5-13(16(14)20-22(17)2)12-8-7-11(18)9-15(12)19/h4-9H,10H2,1-3H3. The van der Waals surface area contributed by atoms with Crippen LogP contribution in [0.25, 0.3) is 22.0 Å². The van der Waals surface area contributed by atoms with Gasteiger partial charge in [-0.15, -0.1) is 0 Å². The van der Waals surface area contributed by atoms with E-state index < -0.39 is 10.0 Å². The summed E-state index contributed by atoms with van der Waals surface area (Å²) < 4.78 is 33.3. The van der Waals surface area contributed by atoms with Crippen molar-refractivity contribution in [3.05, 3.63) is 46.4 Å². The predicted octanol–water partition coefficient (Wildman–Crippen LogP) is 3.77. The van der Waals surface area contributed by atoms with Crippen molar-refractivity contribution in [1.82, 2.24) is 14.1 Å². The third-order valence-electron chi connectivity index (χ3n) is 4.00. The van der Waals surface area contributed by atoms with E-state index in [0.717, 1.165) is 15.4 Å². The van der Waals surface area contributed by atoms with Gasteiger partial charge >= 0.3 is 0 Å². The van der Waals surface area contributed by atoms with Crippen LogP contribution in [0.15, 0.2) is 41.4 Å². The van der Waals surface area contributed by atoms with Crippen LogP contribution in [0.3, 0.4) is 0 Å². The van der Waals surface area contributed by atoms with E-state index in [1.165, 1.54) is 18.8 Å². The number of hydrogen-bond acceptors (Lipinski definition) is 4. The first-order chi connectivity index (χ1) is 12.3. The van der Waals surface area contributed by atoms with Gasteiger partial charge in [0, 0.05) is 47.8 Å². The zero-order valence-electron chi connectivity index (χ0n) is 14.4. The molecule has 0 radical (unpaired) electrons. The molecule has 0 bridgehead atoms. The first-order valence-electron chi connectivity index (χ1n) is 7.63. The second kappa shape index (κ2) is 7.17. The summed E-state index contributed by atoms with van der Waals surface area (Å²) in [4.78, 5) is 0. The van der Waals surface area contributed by atoms with Crippen LogP contribution >= 0.6 is 23.2 Å². The van der Waals surface area contributed by atoms with Crippen LogP contribution in [0.1, 0.15) is 0 Å². The number of hydrogen-bond donors (Lipinski definition) is 0. The van der Waals surface area contributed by atoms with E-state index in [-0.39, 0.29) is 11.8 Å². The Labute approximate surface area is 161 Å². The Kier molecular flexibility index (Phi) is 5.28. The molecular formula is C17H17Cl2N3O3S. The Bertz CT molecular complexity index is 1080. The third kappa shape index (κ3) is 3.21. The number of benzene rings is 2. The number of aryl methyl sites for hydroxylation is 1. The molecule has 26 heavy (non-hydrogen) atoms. The van der Waals surface area contributed by atoms with Crippen LogP contribution in [0.5, 0.6) is 0 Å². The topological polar surface area (TPSA) is 64.4 Å². The Morgan fingerprint density at radius 1 is 1.19 bits per heavy atom. The molecule has 0 atom stereocenters. The van der Waals surface area contributed by atoms with Crippen LogP contribution in [0.4, 0.5) is 0 Å². The number of ether oxygens (including phenoxy) is 1. The van der Waals surface area contributed by atoms with Crippen LogP contribution in [0, 0.1) is 0 Å². The van der Waals surface area contributed by atoms with Crippen molar-refractivity contribution in [3.63, 3.8) is 0 Å². The molecule has 0 aliphatic carbocycles. The van der Waals surface area contributed by atoms with Crippen molar-refractivity contribution < 1.29 is 13.2 Å². The number of aromatic nitrogens is 2. The van der Waals surface area contributed by atoms with Gasteiger partial charge in [0.15, 0.2) is 5.03 Å². The van der Waals surface area contributed by atoms with Crippen molar-refractivity contribution in [2.75, 3.05) is 20.9 Å². The molecule has 1 heterocycles. The van der Waals surface area contributed by atoms with Crippen LogP contribution in [-0.4, -0.2) is 43.4 Å². The van der Waals surface area contributed by atoms with Gasteiger partial charge in [-0.3, -0.25) is 4.68 Å². The number of rotatable bonds is 5. The van der Waals surface area contributed by atoms with Crippen LogP contribution < -0.4 is 0 Å². The Morgan fingerprint density at radius 2 is 1.92 bits per heavy atom. The lowest BCUT2D eigenvalue weighted by Gasteiger charge is -2.16. The molecule has 1 aromatic heterocycles. The van der Waals surface area contributed by atoms with E-state index in [4.69, 9.17) is 27.9 Å².